The fourth-order valence-electron chi connectivity index (χ4n) is 2.24. The second kappa shape index (κ2) is 9.61. The van der Waals surface area contributed by atoms with Gasteiger partial charge in [-0.05, 0) is 24.6 Å². The van der Waals surface area contributed by atoms with E-state index in [0.29, 0.717) is 32.7 Å². The average Bonchev–Trinajstić information content (AvgIpc) is 2.58. The Kier molecular flexibility index (Phi) is 8.17. The molecule has 0 fully saturated rings. The molecule has 0 saturated carbocycles. The number of carbonyl (C=O) groups is 1. The number of methoxy groups -OCH3 is 2. The molecule has 0 spiro atoms. The molecule has 0 saturated heterocycles. The Hall–Kier alpha value is -1.64. The third-order valence-corrected chi connectivity index (χ3v) is 5.63. The van der Waals surface area contributed by atoms with Crippen LogP contribution in [0.1, 0.15) is 30.6 Å². The number of benzene rings is 1. The topological polar surface area (TPSA) is 84.9 Å². The van der Waals surface area contributed by atoms with Gasteiger partial charge in [0.1, 0.15) is 10.6 Å². The molecule has 1 aromatic carbocycles. The van der Waals surface area contributed by atoms with E-state index >= 15 is 0 Å². The Morgan fingerprint density at radius 2 is 1.88 bits per heavy atom. The molecule has 1 aromatic rings. The Morgan fingerprint density at radius 3 is 2.42 bits per heavy atom. The minimum Gasteiger partial charge on any atom is -0.495 e. The van der Waals surface area contributed by atoms with Gasteiger partial charge in [0.05, 0.1) is 7.11 Å². The van der Waals surface area contributed by atoms with Crippen molar-refractivity contribution in [1.29, 1.82) is 0 Å². The summed E-state index contributed by atoms with van der Waals surface area (Å²) in [5.74, 6) is -0.109. The van der Waals surface area contributed by atoms with Crippen LogP contribution in [-0.4, -0.2) is 59.1 Å². The van der Waals surface area contributed by atoms with Crippen molar-refractivity contribution in [3.63, 3.8) is 0 Å². The summed E-state index contributed by atoms with van der Waals surface area (Å²) in [7, 11) is -0.724. The summed E-state index contributed by atoms with van der Waals surface area (Å²) < 4.78 is 36.9. The van der Waals surface area contributed by atoms with Gasteiger partial charge in [0.15, 0.2) is 0 Å². The van der Waals surface area contributed by atoms with Gasteiger partial charge in [-0.25, -0.2) is 8.42 Å². The molecule has 0 radical (unpaired) electrons. The van der Waals surface area contributed by atoms with Crippen LogP contribution in [0.15, 0.2) is 23.1 Å². The van der Waals surface area contributed by atoms with E-state index in [1.54, 1.807) is 27.0 Å². The molecule has 0 atom stereocenters. The van der Waals surface area contributed by atoms with Crippen LogP contribution in [-0.2, 0) is 14.8 Å². The largest absolute Gasteiger partial charge is 0.495 e. The van der Waals surface area contributed by atoms with Crippen LogP contribution < -0.4 is 10.1 Å². The molecule has 0 unspecified atom stereocenters. The number of hydrogen-bond donors (Lipinski definition) is 1. The summed E-state index contributed by atoms with van der Waals surface area (Å²) in [4.78, 5) is 12.2. The lowest BCUT2D eigenvalue weighted by Gasteiger charge is -2.20. The summed E-state index contributed by atoms with van der Waals surface area (Å²) in [6, 6.07) is 4.41. The zero-order valence-corrected chi connectivity index (χ0v) is 15.5. The first kappa shape index (κ1) is 20.4. The van der Waals surface area contributed by atoms with Gasteiger partial charge in [-0.2, -0.15) is 4.31 Å². The molecule has 0 aliphatic heterocycles. The van der Waals surface area contributed by atoms with Crippen LogP contribution in [0, 0.1) is 0 Å². The van der Waals surface area contributed by atoms with Crippen molar-refractivity contribution in [2.75, 3.05) is 40.5 Å². The third-order valence-electron chi connectivity index (χ3n) is 3.56. The highest BCUT2D eigenvalue weighted by Gasteiger charge is 2.26. The summed E-state index contributed by atoms with van der Waals surface area (Å²) in [5, 5.41) is 2.74. The van der Waals surface area contributed by atoms with Crippen molar-refractivity contribution in [3.05, 3.63) is 23.8 Å². The van der Waals surface area contributed by atoms with E-state index in [0.717, 1.165) is 0 Å². The smallest absolute Gasteiger partial charge is 0.251 e. The number of sulfonamides is 1. The first-order chi connectivity index (χ1) is 11.4. The molecule has 1 rings (SSSR count). The molecule has 24 heavy (non-hydrogen) atoms. The van der Waals surface area contributed by atoms with E-state index in [1.165, 1.54) is 23.5 Å². The first-order valence-electron chi connectivity index (χ1n) is 7.87. The molecule has 1 amide bonds. The number of amides is 1. The van der Waals surface area contributed by atoms with Gasteiger partial charge in [-0.3, -0.25) is 4.79 Å². The number of carbonyl (C=O) groups excluding carboxylic acids is 1. The van der Waals surface area contributed by atoms with Crippen molar-refractivity contribution in [2.24, 2.45) is 0 Å². The number of ether oxygens (including phenoxy) is 2. The summed E-state index contributed by atoms with van der Waals surface area (Å²) in [5.41, 5.74) is 0.277. The van der Waals surface area contributed by atoms with Crippen LogP contribution >= 0.6 is 0 Å². The lowest BCUT2D eigenvalue weighted by molar-refractivity contribution is 0.0948. The molecule has 0 aromatic heterocycles. The van der Waals surface area contributed by atoms with E-state index < -0.39 is 10.0 Å². The van der Waals surface area contributed by atoms with E-state index in [9.17, 15) is 13.2 Å². The zero-order chi connectivity index (χ0) is 18.2. The second-order valence-corrected chi connectivity index (χ2v) is 6.96. The molecular weight excluding hydrogens is 332 g/mol. The maximum atomic E-state index is 12.7. The Balaban J connectivity index is 3.10. The Morgan fingerprint density at radius 1 is 1.21 bits per heavy atom. The van der Waals surface area contributed by atoms with Gasteiger partial charge in [0.25, 0.3) is 5.91 Å². The predicted octanol–water partition coefficient (Wildman–Crippen LogP) is 1.49. The van der Waals surface area contributed by atoms with E-state index in [4.69, 9.17) is 9.47 Å². The predicted molar refractivity (Wildman–Crippen MR) is 91.9 cm³/mol. The lowest BCUT2D eigenvalue weighted by Crippen LogP contribution is -2.31. The van der Waals surface area contributed by atoms with Gasteiger partial charge in [-0.15, -0.1) is 0 Å². The van der Waals surface area contributed by atoms with Gasteiger partial charge in [0.2, 0.25) is 10.0 Å². The molecule has 0 aliphatic rings. The average molecular weight is 358 g/mol. The molecule has 0 heterocycles. The number of nitrogens with zero attached hydrogens (tertiary/aromatic N) is 1. The van der Waals surface area contributed by atoms with Crippen molar-refractivity contribution >= 4 is 15.9 Å². The maximum absolute atomic E-state index is 12.7. The molecule has 0 bridgehead atoms. The molecule has 0 aliphatic carbocycles. The van der Waals surface area contributed by atoms with Crippen molar-refractivity contribution in [3.8, 4) is 5.75 Å². The van der Waals surface area contributed by atoms with E-state index in [1.807, 2.05) is 0 Å². The van der Waals surface area contributed by atoms with Crippen molar-refractivity contribution in [2.45, 2.75) is 25.2 Å². The van der Waals surface area contributed by atoms with Gasteiger partial charge < -0.3 is 14.8 Å². The van der Waals surface area contributed by atoms with Crippen molar-refractivity contribution in [1.82, 2.24) is 9.62 Å². The molecule has 136 valence electrons. The summed E-state index contributed by atoms with van der Waals surface area (Å²) >= 11 is 0. The van der Waals surface area contributed by atoms with Gasteiger partial charge >= 0.3 is 0 Å². The zero-order valence-electron chi connectivity index (χ0n) is 14.7. The number of rotatable bonds is 10. The second-order valence-electron chi connectivity index (χ2n) is 5.06. The molecule has 7 nitrogen and oxygen atoms in total. The van der Waals surface area contributed by atoms with Crippen LogP contribution in [0.2, 0.25) is 0 Å². The van der Waals surface area contributed by atoms with Crippen LogP contribution in [0.25, 0.3) is 0 Å². The summed E-state index contributed by atoms with van der Waals surface area (Å²) in [6.07, 6.45) is 0.684. The highest BCUT2D eigenvalue weighted by Crippen LogP contribution is 2.27. The monoisotopic (exact) mass is 358 g/mol. The highest BCUT2D eigenvalue weighted by atomic mass is 32.2. The van der Waals surface area contributed by atoms with Crippen LogP contribution in [0.3, 0.4) is 0 Å². The van der Waals surface area contributed by atoms with E-state index in [-0.39, 0.29) is 22.1 Å². The van der Waals surface area contributed by atoms with Crippen LogP contribution in [0.4, 0.5) is 0 Å². The lowest BCUT2D eigenvalue weighted by atomic mass is 10.2. The van der Waals surface area contributed by atoms with Crippen molar-refractivity contribution < 1.29 is 22.7 Å². The summed E-state index contributed by atoms with van der Waals surface area (Å²) in [6.45, 7) is 5.21. The fourth-order valence-corrected chi connectivity index (χ4v) is 3.88. The molecule has 1 N–H and O–H groups in total. The fraction of sp³-hybridized carbons (Fsp3) is 0.562. The van der Waals surface area contributed by atoms with E-state index in [2.05, 4.69) is 5.32 Å². The number of nitrogens with one attached hydrogen (secondary N) is 1. The SMILES string of the molecule is CCN(CC)S(=O)(=O)c1cc(C(=O)NCCCOC)ccc1OC. The van der Waals surface area contributed by atoms with Gasteiger partial charge in [-0.1, -0.05) is 13.8 Å². The first-order valence-corrected chi connectivity index (χ1v) is 9.31. The number of hydrogen-bond acceptors (Lipinski definition) is 5. The normalized spacial score (nSPS) is 11.5. The molecular formula is C16H26N2O5S. The van der Waals surface area contributed by atoms with Gasteiger partial charge in [0, 0.05) is 38.9 Å². The molecule has 8 heteroatoms. The third kappa shape index (κ3) is 4.93. The standard InChI is InChI=1S/C16H26N2O5S/c1-5-18(6-2)24(20,21)15-12-13(8-9-14(15)23-4)16(19)17-10-7-11-22-3/h8-9,12H,5-7,10-11H2,1-4H3,(H,17,19). The maximum Gasteiger partial charge on any atom is 0.251 e. The Labute approximate surface area is 144 Å². The van der Waals surface area contributed by atoms with Crippen LogP contribution in [0.5, 0.6) is 5.75 Å². The minimum atomic E-state index is -3.72. The Bertz CT molecular complexity index is 642. The quantitative estimate of drug-likeness (QED) is 0.641. The highest BCUT2D eigenvalue weighted by molar-refractivity contribution is 7.89. The minimum absolute atomic E-state index is 0.00163.